The van der Waals surface area contributed by atoms with Crippen LogP contribution in [0.1, 0.15) is 18.2 Å². The lowest BCUT2D eigenvalue weighted by Gasteiger charge is -2.02. The Bertz CT molecular complexity index is 270. The van der Waals surface area contributed by atoms with Crippen molar-refractivity contribution in [3.05, 3.63) is 17.5 Å². The molecule has 0 bridgehead atoms. The van der Waals surface area contributed by atoms with Gasteiger partial charge in [-0.2, -0.15) is 16.9 Å². The van der Waals surface area contributed by atoms with Crippen LogP contribution in [0.3, 0.4) is 0 Å². The minimum Gasteiger partial charge on any atom is -0.312 e. The highest BCUT2D eigenvalue weighted by Crippen LogP contribution is 2.03. The Hall–Kier alpha value is -0.480. The summed E-state index contributed by atoms with van der Waals surface area (Å²) in [5.41, 5.74) is 2.43. The molecule has 1 rings (SSSR count). The molecule has 1 aromatic rings. The molecule has 4 heteroatoms. The molecule has 80 valence electrons. The zero-order valence-electron chi connectivity index (χ0n) is 9.21. The summed E-state index contributed by atoms with van der Waals surface area (Å²) in [5.74, 6) is 2.39. The van der Waals surface area contributed by atoms with Gasteiger partial charge in [-0.25, -0.2) is 0 Å². The number of nitrogens with one attached hydrogen (secondary N) is 1. The third kappa shape index (κ3) is 3.72. The maximum Gasteiger partial charge on any atom is 0.0638 e. The first-order valence-electron chi connectivity index (χ1n) is 5.01. The molecule has 0 fully saturated rings. The van der Waals surface area contributed by atoms with E-state index in [0.717, 1.165) is 18.8 Å². The van der Waals surface area contributed by atoms with Gasteiger partial charge in [0.2, 0.25) is 0 Å². The predicted octanol–water partition coefficient (Wildman–Crippen LogP) is 1.57. The highest BCUT2D eigenvalue weighted by atomic mass is 32.2. The molecule has 0 radical (unpaired) electrons. The maximum absolute atomic E-state index is 4.30. The summed E-state index contributed by atoms with van der Waals surface area (Å²) >= 11 is 1.97. The van der Waals surface area contributed by atoms with Crippen LogP contribution in [0, 0.1) is 6.92 Å². The third-order valence-corrected chi connectivity index (χ3v) is 2.96. The Kier molecular flexibility index (Phi) is 5.04. The second-order valence-corrected chi connectivity index (χ2v) is 4.68. The van der Waals surface area contributed by atoms with E-state index >= 15 is 0 Å². The van der Waals surface area contributed by atoms with Gasteiger partial charge in [0.15, 0.2) is 0 Å². The molecule has 0 saturated heterocycles. The molecule has 0 aromatic carbocycles. The standard InChI is InChI=1S/C10H19N3S/c1-4-14-6-5-11-7-10-8-13(3)12-9(10)2/h8,11H,4-7H2,1-3H3. The number of aryl methyl sites for hydroxylation is 2. The Labute approximate surface area is 90.3 Å². The van der Waals surface area contributed by atoms with Crippen LogP contribution in [-0.4, -0.2) is 27.8 Å². The zero-order chi connectivity index (χ0) is 10.4. The van der Waals surface area contributed by atoms with Gasteiger partial charge < -0.3 is 5.32 Å². The SMILES string of the molecule is CCSCCNCc1cn(C)nc1C. The Morgan fingerprint density at radius 1 is 1.57 bits per heavy atom. The molecule has 0 amide bonds. The van der Waals surface area contributed by atoms with Gasteiger partial charge in [0, 0.05) is 37.7 Å². The quantitative estimate of drug-likeness (QED) is 0.728. The second kappa shape index (κ2) is 6.09. The minimum atomic E-state index is 0.934. The van der Waals surface area contributed by atoms with Crippen molar-refractivity contribution >= 4 is 11.8 Å². The normalized spacial score (nSPS) is 10.8. The lowest BCUT2D eigenvalue weighted by Crippen LogP contribution is -2.16. The van der Waals surface area contributed by atoms with E-state index in [1.807, 2.05) is 23.5 Å². The van der Waals surface area contributed by atoms with E-state index in [2.05, 4.69) is 30.5 Å². The molecule has 3 nitrogen and oxygen atoms in total. The summed E-state index contributed by atoms with van der Waals surface area (Å²) in [6.45, 7) is 6.25. The number of aromatic nitrogens is 2. The Morgan fingerprint density at radius 2 is 2.36 bits per heavy atom. The zero-order valence-corrected chi connectivity index (χ0v) is 10.0. The molecular weight excluding hydrogens is 194 g/mol. The third-order valence-electron chi connectivity index (χ3n) is 2.06. The minimum absolute atomic E-state index is 0.934. The van der Waals surface area contributed by atoms with Gasteiger partial charge in [-0.1, -0.05) is 6.92 Å². The fourth-order valence-electron chi connectivity index (χ4n) is 1.33. The summed E-state index contributed by atoms with van der Waals surface area (Å²) < 4.78 is 1.87. The summed E-state index contributed by atoms with van der Waals surface area (Å²) in [7, 11) is 1.96. The molecule has 1 N–H and O–H groups in total. The summed E-state index contributed by atoms with van der Waals surface area (Å²) in [6.07, 6.45) is 2.08. The number of hydrogen-bond acceptors (Lipinski definition) is 3. The monoisotopic (exact) mass is 213 g/mol. The van der Waals surface area contributed by atoms with Crippen LogP contribution in [0.15, 0.2) is 6.20 Å². The van der Waals surface area contributed by atoms with Crippen molar-refractivity contribution in [1.82, 2.24) is 15.1 Å². The second-order valence-electron chi connectivity index (χ2n) is 3.29. The number of hydrogen-bond donors (Lipinski definition) is 1. The Morgan fingerprint density at radius 3 is 2.93 bits per heavy atom. The van der Waals surface area contributed by atoms with Crippen LogP contribution in [0.25, 0.3) is 0 Å². The van der Waals surface area contributed by atoms with Crippen molar-refractivity contribution in [2.24, 2.45) is 7.05 Å². The maximum atomic E-state index is 4.30. The first-order chi connectivity index (χ1) is 6.74. The van der Waals surface area contributed by atoms with Crippen LogP contribution in [-0.2, 0) is 13.6 Å². The number of thioether (sulfide) groups is 1. The van der Waals surface area contributed by atoms with Crippen molar-refractivity contribution in [3.8, 4) is 0 Å². The van der Waals surface area contributed by atoms with Gasteiger partial charge in [-0.05, 0) is 12.7 Å². The predicted molar refractivity (Wildman–Crippen MR) is 62.7 cm³/mol. The molecule has 0 spiro atoms. The molecule has 0 aliphatic heterocycles. The van der Waals surface area contributed by atoms with Crippen LogP contribution >= 0.6 is 11.8 Å². The van der Waals surface area contributed by atoms with Crippen molar-refractivity contribution in [3.63, 3.8) is 0 Å². The van der Waals surface area contributed by atoms with E-state index in [0.29, 0.717) is 0 Å². The van der Waals surface area contributed by atoms with Gasteiger partial charge in [0.1, 0.15) is 0 Å². The Balaban J connectivity index is 2.21. The molecule has 0 atom stereocenters. The van der Waals surface area contributed by atoms with E-state index in [1.165, 1.54) is 17.1 Å². The molecular formula is C10H19N3S. The lowest BCUT2D eigenvalue weighted by atomic mass is 10.3. The first-order valence-corrected chi connectivity index (χ1v) is 6.17. The van der Waals surface area contributed by atoms with Crippen LogP contribution in [0.5, 0.6) is 0 Å². The first kappa shape index (κ1) is 11.6. The summed E-state index contributed by atoms with van der Waals surface area (Å²) in [5, 5.41) is 7.71. The molecule has 0 saturated carbocycles. The van der Waals surface area contributed by atoms with Crippen LogP contribution in [0.4, 0.5) is 0 Å². The van der Waals surface area contributed by atoms with E-state index in [1.54, 1.807) is 0 Å². The average molecular weight is 213 g/mol. The number of nitrogens with zero attached hydrogens (tertiary/aromatic N) is 2. The van der Waals surface area contributed by atoms with Crippen molar-refractivity contribution < 1.29 is 0 Å². The summed E-state index contributed by atoms with van der Waals surface area (Å²) in [6, 6.07) is 0. The molecule has 0 aliphatic rings. The van der Waals surface area contributed by atoms with Gasteiger partial charge in [-0.3, -0.25) is 4.68 Å². The van der Waals surface area contributed by atoms with Crippen molar-refractivity contribution in [2.45, 2.75) is 20.4 Å². The van der Waals surface area contributed by atoms with Crippen LogP contribution < -0.4 is 5.32 Å². The van der Waals surface area contributed by atoms with Crippen molar-refractivity contribution in [2.75, 3.05) is 18.1 Å². The van der Waals surface area contributed by atoms with Crippen molar-refractivity contribution in [1.29, 1.82) is 0 Å². The van der Waals surface area contributed by atoms with Gasteiger partial charge in [0.25, 0.3) is 0 Å². The number of rotatable bonds is 6. The molecule has 1 aromatic heterocycles. The molecule has 1 heterocycles. The van der Waals surface area contributed by atoms with Gasteiger partial charge in [-0.15, -0.1) is 0 Å². The van der Waals surface area contributed by atoms with E-state index in [9.17, 15) is 0 Å². The highest BCUT2D eigenvalue weighted by molar-refractivity contribution is 7.99. The van der Waals surface area contributed by atoms with E-state index < -0.39 is 0 Å². The smallest absolute Gasteiger partial charge is 0.0638 e. The topological polar surface area (TPSA) is 29.9 Å². The van der Waals surface area contributed by atoms with E-state index in [4.69, 9.17) is 0 Å². The largest absolute Gasteiger partial charge is 0.312 e. The molecule has 0 aliphatic carbocycles. The fourth-order valence-corrected chi connectivity index (χ4v) is 1.91. The van der Waals surface area contributed by atoms with Crippen LogP contribution in [0.2, 0.25) is 0 Å². The highest BCUT2D eigenvalue weighted by Gasteiger charge is 2.01. The molecule has 0 unspecified atom stereocenters. The fraction of sp³-hybridized carbons (Fsp3) is 0.700. The average Bonchev–Trinajstić information content (AvgIpc) is 2.45. The van der Waals surface area contributed by atoms with Gasteiger partial charge in [0.05, 0.1) is 5.69 Å². The van der Waals surface area contributed by atoms with E-state index in [-0.39, 0.29) is 0 Å². The summed E-state index contributed by atoms with van der Waals surface area (Å²) in [4.78, 5) is 0. The molecule has 14 heavy (non-hydrogen) atoms. The lowest BCUT2D eigenvalue weighted by molar-refractivity contribution is 0.727. The van der Waals surface area contributed by atoms with Gasteiger partial charge >= 0.3 is 0 Å².